The Hall–Kier alpha value is -0.160. The van der Waals surface area contributed by atoms with Crippen molar-refractivity contribution in [2.45, 2.75) is 38.1 Å². The Morgan fingerprint density at radius 3 is 2.33 bits per heavy atom. The number of hydrogen-bond donors (Lipinski definition) is 1. The zero-order valence-corrected chi connectivity index (χ0v) is 16.3. The van der Waals surface area contributed by atoms with Gasteiger partial charge in [-0.2, -0.15) is 23.5 Å². The van der Waals surface area contributed by atoms with Crippen molar-refractivity contribution in [2.24, 2.45) is 5.41 Å². The largest absolute Gasteiger partial charge is 0.396 e. The molecule has 0 amide bonds. The molecule has 0 saturated carbocycles. The molecule has 0 aliphatic carbocycles. The third-order valence-electron chi connectivity index (χ3n) is 5.72. The predicted octanol–water partition coefficient (Wildman–Crippen LogP) is 3.93. The normalized spacial score (nSPS) is 23.0. The average Bonchev–Trinajstić information content (AvgIpc) is 2.93. The van der Waals surface area contributed by atoms with Gasteiger partial charge in [-0.25, -0.2) is 0 Å². The standard InChI is InChI=1S/C20H31NOS2/c22-17-20(8-4-7-18-5-2-1-3-6-18)9-11-21(12-10-20)19-15-23-13-14-24-16-19/h1-3,5-6,19,22H,4,7-17H2. The number of thioether (sulfide) groups is 2. The third kappa shape index (κ3) is 5.17. The van der Waals surface area contributed by atoms with Gasteiger partial charge in [0.25, 0.3) is 0 Å². The lowest BCUT2D eigenvalue weighted by molar-refractivity contribution is 0.0267. The molecule has 3 rings (SSSR count). The van der Waals surface area contributed by atoms with Crippen LogP contribution >= 0.6 is 23.5 Å². The lowest BCUT2D eigenvalue weighted by Gasteiger charge is -2.43. The van der Waals surface area contributed by atoms with Crippen molar-refractivity contribution in [3.05, 3.63) is 35.9 Å². The van der Waals surface area contributed by atoms with E-state index in [-0.39, 0.29) is 5.41 Å². The Labute approximate surface area is 155 Å². The summed E-state index contributed by atoms with van der Waals surface area (Å²) in [5.74, 6) is 5.23. The molecule has 0 bridgehead atoms. The Morgan fingerprint density at radius 1 is 1.04 bits per heavy atom. The number of hydrogen-bond acceptors (Lipinski definition) is 4. The minimum atomic E-state index is 0.177. The van der Waals surface area contributed by atoms with Gasteiger partial charge in [-0.15, -0.1) is 0 Å². The summed E-state index contributed by atoms with van der Waals surface area (Å²) in [5.41, 5.74) is 1.60. The Balaban J connectivity index is 1.46. The molecule has 134 valence electrons. The van der Waals surface area contributed by atoms with Crippen LogP contribution in [-0.2, 0) is 6.42 Å². The summed E-state index contributed by atoms with van der Waals surface area (Å²) in [6.07, 6.45) is 5.84. The van der Waals surface area contributed by atoms with E-state index in [4.69, 9.17) is 0 Å². The number of aliphatic hydroxyl groups excluding tert-OH is 1. The summed E-state index contributed by atoms with van der Waals surface area (Å²) in [6, 6.07) is 11.5. The molecule has 4 heteroatoms. The molecule has 2 aliphatic heterocycles. The van der Waals surface area contributed by atoms with Crippen LogP contribution in [0.2, 0.25) is 0 Å². The van der Waals surface area contributed by atoms with E-state index < -0.39 is 0 Å². The predicted molar refractivity (Wildman–Crippen MR) is 108 cm³/mol. The summed E-state index contributed by atoms with van der Waals surface area (Å²) in [4.78, 5) is 2.70. The molecular weight excluding hydrogens is 334 g/mol. The van der Waals surface area contributed by atoms with Crippen molar-refractivity contribution in [1.29, 1.82) is 0 Å². The van der Waals surface area contributed by atoms with Gasteiger partial charge in [0.05, 0.1) is 0 Å². The molecular formula is C20H31NOS2. The van der Waals surface area contributed by atoms with Crippen molar-refractivity contribution in [1.82, 2.24) is 4.90 Å². The van der Waals surface area contributed by atoms with Crippen LogP contribution in [0.15, 0.2) is 30.3 Å². The van der Waals surface area contributed by atoms with Crippen LogP contribution in [0.3, 0.4) is 0 Å². The molecule has 1 aromatic carbocycles. The zero-order valence-electron chi connectivity index (χ0n) is 14.7. The summed E-state index contributed by atoms with van der Waals surface area (Å²) in [5, 5.41) is 10.1. The molecule has 2 saturated heterocycles. The zero-order chi connectivity index (χ0) is 16.7. The van der Waals surface area contributed by atoms with Crippen molar-refractivity contribution in [2.75, 3.05) is 42.7 Å². The highest BCUT2D eigenvalue weighted by Crippen LogP contribution is 2.37. The molecule has 1 aromatic rings. The second kappa shape index (κ2) is 9.51. The first-order valence-corrected chi connectivity index (χ1v) is 11.7. The summed E-state index contributed by atoms with van der Waals surface area (Å²) < 4.78 is 0. The van der Waals surface area contributed by atoms with Crippen LogP contribution < -0.4 is 0 Å². The highest BCUT2D eigenvalue weighted by molar-refractivity contribution is 8.03. The van der Waals surface area contributed by atoms with Gasteiger partial charge in [-0.1, -0.05) is 30.3 Å². The SMILES string of the molecule is OCC1(CCCc2ccccc2)CCN(C2CSCCSC2)CC1. The van der Waals surface area contributed by atoms with E-state index in [1.165, 1.54) is 67.3 Å². The third-order valence-corrected chi connectivity index (χ3v) is 8.20. The van der Waals surface area contributed by atoms with Gasteiger partial charge in [0.15, 0.2) is 0 Å². The van der Waals surface area contributed by atoms with Crippen LogP contribution in [0, 0.1) is 5.41 Å². The molecule has 2 aliphatic rings. The second-order valence-corrected chi connectivity index (χ2v) is 9.64. The first-order chi connectivity index (χ1) is 11.8. The van der Waals surface area contributed by atoms with Crippen molar-refractivity contribution < 1.29 is 5.11 Å². The monoisotopic (exact) mass is 365 g/mol. The first kappa shape index (κ1) is 18.6. The van der Waals surface area contributed by atoms with Crippen LogP contribution in [0.4, 0.5) is 0 Å². The van der Waals surface area contributed by atoms with Gasteiger partial charge in [0, 0.05) is 35.7 Å². The highest BCUT2D eigenvalue weighted by Gasteiger charge is 2.35. The molecule has 0 unspecified atom stereocenters. The fourth-order valence-electron chi connectivity index (χ4n) is 3.98. The number of benzene rings is 1. The molecule has 0 aromatic heterocycles. The quantitative estimate of drug-likeness (QED) is 0.825. The summed E-state index contributed by atoms with van der Waals surface area (Å²) >= 11 is 4.25. The maximum Gasteiger partial charge on any atom is 0.0488 e. The van der Waals surface area contributed by atoms with Crippen LogP contribution in [0.5, 0.6) is 0 Å². The van der Waals surface area contributed by atoms with Crippen molar-refractivity contribution in [3.8, 4) is 0 Å². The molecule has 24 heavy (non-hydrogen) atoms. The molecule has 0 radical (unpaired) electrons. The van der Waals surface area contributed by atoms with Gasteiger partial charge >= 0.3 is 0 Å². The minimum absolute atomic E-state index is 0.177. The molecule has 2 nitrogen and oxygen atoms in total. The number of piperidine rings is 1. The number of aryl methyl sites for hydroxylation is 1. The number of nitrogens with zero attached hydrogens (tertiary/aromatic N) is 1. The molecule has 0 spiro atoms. The van der Waals surface area contributed by atoms with E-state index in [0.717, 1.165) is 12.5 Å². The van der Waals surface area contributed by atoms with Crippen molar-refractivity contribution in [3.63, 3.8) is 0 Å². The van der Waals surface area contributed by atoms with Crippen LogP contribution in [0.1, 0.15) is 31.2 Å². The lowest BCUT2D eigenvalue weighted by atomic mass is 9.75. The molecule has 2 heterocycles. The Kier molecular flexibility index (Phi) is 7.38. The smallest absolute Gasteiger partial charge is 0.0488 e. The average molecular weight is 366 g/mol. The van der Waals surface area contributed by atoms with E-state index in [1.807, 2.05) is 0 Å². The number of rotatable bonds is 6. The fourth-order valence-corrected chi connectivity index (χ4v) is 6.61. The highest BCUT2D eigenvalue weighted by atomic mass is 32.2. The number of likely N-dealkylation sites (tertiary alicyclic amines) is 1. The molecule has 2 fully saturated rings. The first-order valence-electron chi connectivity index (χ1n) is 9.36. The van der Waals surface area contributed by atoms with Gasteiger partial charge in [-0.3, -0.25) is 4.90 Å². The lowest BCUT2D eigenvalue weighted by Crippen LogP contribution is -2.48. The van der Waals surface area contributed by atoms with Crippen LogP contribution in [0.25, 0.3) is 0 Å². The van der Waals surface area contributed by atoms with E-state index in [0.29, 0.717) is 6.61 Å². The Morgan fingerprint density at radius 2 is 1.71 bits per heavy atom. The Bertz CT molecular complexity index is 466. The molecule has 1 N–H and O–H groups in total. The van der Waals surface area contributed by atoms with E-state index in [1.54, 1.807) is 0 Å². The van der Waals surface area contributed by atoms with Gasteiger partial charge in [-0.05, 0) is 56.2 Å². The maximum atomic E-state index is 10.1. The second-order valence-electron chi connectivity index (χ2n) is 7.34. The van der Waals surface area contributed by atoms with Gasteiger partial charge < -0.3 is 5.11 Å². The van der Waals surface area contributed by atoms with E-state index >= 15 is 0 Å². The number of aliphatic hydroxyl groups is 1. The molecule has 0 atom stereocenters. The minimum Gasteiger partial charge on any atom is -0.396 e. The van der Waals surface area contributed by atoms with E-state index in [2.05, 4.69) is 58.8 Å². The van der Waals surface area contributed by atoms with Gasteiger partial charge in [0.1, 0.15) is 0 Å². The van der Waals surface area contributed by atoms with Crippen molar-refractivity contribution >= 4 is 23.5 Å². The van der Waals surface area contributed by atoms with Gasteiger partial charge in [0.2, 0.25) is 0 Å². The van der Waals surface area contributed by atoms with E-state index in [9.17, 15) is 5.11 Å². The topological polar surface area (TPSA) is 23.5 Å². The maximum absolute atomic E-state index is 10.1. The summed E-state index contributed by atoms with van der Waals surface area (Å²) in [7, 11) is 0. The summed E-state index contributed by atoms with van der Waals surface area (Å²) in [6.45, 7) is 2.72. The van der Waals surface area contributed by atoms with Crippen LogP contribution in [-0.4, -0.2) is 58.8 Å². The fraction of sp³-hybridized carbons (Fsp3) is 0.700.